The van der Waals surface area contributed by atoms with E-state index in [-0.39, 0.29) is 6.10 Å². The summed E-state index contributed by atoms with van der Waals surface area (Å²) in [5, 5.41) is 12.7. The molecule has 0 saturated heterocycles. The lowest BCUT2D eigenvalue weighted by atomic mass is 10.1. The lowest BCUT2D eigenvalue weighted by Gasteiger charge is -2.24. The number of fused-ring (bicyclic) bond motifs is 1. The zero-order chi connectivity index (χ0) is 20.3. The quantitative estimate of drug-likeness (QED) is 0.487. The molecule has 0 fully saturated rings. The van der Waals surface area contributed by atoms with Crippen molar-refractivity contribution in [1.82, 2.24) is 25.1 Å². The molecule has 3 heterocycles. The molecule has 0 amide bonds. The lowest BCUT2D eigenvalue weighted by Crippen LogP contribution is -2.22. The van der Waals surface area contributed by atoms with E-state index < -0.39 is 0 Å². The monoisotopic (exact) mass is 403 g/mol. The molecule has 30 heavy (non-hydrogen) atoms. The van der Waals surface area contributed by atoms with Gasteiger partial charge in [0.2, 0.25) is 11.7 Å². The van der Waals surface area contributed by atoms with E-state index in [4.69, 9.17) is 14.0 Å². The third-order valence-corrected chi connectivity index (χ3v) is 5.24. The Morgan fingerprint density at radius 2 is 1.90 bits per heavy atom. The van der Waals surface area contributed by atoms with Crippen molar-refractivity contribution in [3.63, 3.8) is 0 Å². The highest BCUT2D eigenvalue weighted by atomic mass is 16.5. The van der Waals surface area contributed by atoms with Gasteiger partial charge in [0, 0.05) is 6.42 Å². The molecule has 8 heteroatoms. The Bertz CT molecular complexity index is 1120. The second-order valence-corrected chi connectivity index (χ2v) is 7.14. The number of hydrogen-bond donors (Lipinski definition) is 0. The fourth-order valence-corrected chi connectivity index (χ4v) is 3.55. The van der Waals surface area contributed by atoms with Gasteiger partial charge in [-0.25, -0.2) is 4.68 Å². The maximum absolute atomic E-state index is 6.07. The van der Waals surface area contributed by atoms with Crippen LogP contribution in [0.5, 0.6) is 5.75 Å². The number of methoxy groups -OCH3 is 1. The van der Waals surface area contributed by atoms with Crippen LogP contribution in [-0.2, 0) is 30.7 Å². The van der Waals surface area contributed by atoms with Crippen LogP contribution in [0.4, 0.5) is 0 Å². The topological polar surface area (TPSA) is 88.1 Å². The smallest absolute Gasteiger partial charge is 0.227 e. The highest BCUT2D eigenvalue weighted by Gasteiger charge is 2.27. The molecule has 0 radical (unpaired) electrons. The molecule has 0 bridgehead atoms. The van der Waals surface area contributed by atoms with Gasteiger partial charge in [-0.15, -0.1) is 5.10 Å². The minimum absolute atomic E-state index is 0.0929. The van der Waals surface area contributed by atoms with Crippen molar-refractivity contribution >= 4 is 0 Å². The second-order valence-electron chi connectivity index (χ2n) is 7.14. The number of rotatable bonds is 6. The third-order valence-electron chi connectivity index (χ3n) is 5.24. The molecule has 1 aliphatic rings. The van der Waals surface area contributed by atoms with Crippen molar-refractivity contribution in [3.05, 3.63) is 77.3 Å². The molecular formula is C22H21N5O3. The minimum Gasteiger partial charge on any atom is -0.497 e. The van der Waals surface area contributed by atoms with Crippen molar-refractivity contribution < 1.29 is 14.0 Å². The van der Waals surface area contributed by atoms with Crippen LogP contribution in [0.1, 0.15) is 28.8 Å². The second kappa shape index (κ2) is 8.08. The van der Waals surface area contributed by atoms with Crippen LogP contribution in [-0.4, -0.2) is 32.2 Å². The van der Waals surface area contributed by atoms with Gasteiger partial charge >= 0.3 is 0 Å². The van der Waals surface area contributed by atoms with Crippen molar-refractivity contribution in [2.75, 3.05) is 7.11 Å². The van der Waals surface area contributed by atoms with Crippen molar-refractivity contribution in [2.45, 2.75) is 32.1 Å². The molecule has 5 rings (SSSR count). The van der Waals surface area contributed by atoms with Gasteiger partial charge in [0.25, 0.3) is 0 Å². The van der Waals surface area contributed by atoms with Gasteiger partial charge < -0.3 is 14.0 Å². The van der Waals surface area contributed by atoms with E-state index in [1.165, 1.54) is 5.56 Å². The van der Waals surface area contributed by atoms with Crippen LogP contribution in [0.15, 0.2) is 59.1 Å². The summed E-state index contributed by atoms with van der Waals surface area (Å²) < 4.78 is 18.6. The summed E-state index contributed by atoms with van der Waals surface area (Å²) in [6.07, 6.45) is 1.43. The predicted octanol–water partition coefficient (Wildman–Crippen LogP) is 3.39. The number of aromatic nitrogens is 5. The van der Waals surface area contributed by atoms with Gasteiger partial charge in [-0.3, -0.25) is 0 Å². The summed E-state index contributed by atoms with van der Waals surface area (Å²) in [4.78, 5) is 4.51. The number of nitrogens with zero attached hydrogens (tertiary/aromatic N) is 5. The van der Waals surface area contributed by atoms with E-state index in [0.717, 1.165) is 23.4 Å². The molecular weight excluding hydrogens is 382 g/mol. The fourth-order valence-electron chi connectivity index (χ4n) is 3.55. The highest BCUT2D eigenvalue weighted by molar-refractivity contribution is 5.51. The van der Waals surface area contributed by atoms with E-state index in [9.17, 15) is 0 Å². The van der Waals surface area contributed by atoms with Gasteiger partial charge in [-0.05, 0) is 29.7 Å². The number of aryl methyl sites for hydroxylation is 2. The molecule has 1 aliphatic heterocycles. The Labute approximate surface area is 173 Å². The molecule has 1 unspecified atom stereocenters. The first-order valence-corrected chi connectivity index (χ1v) is 9.85. The summed E-state index contributed by atoms with van der Waals surface area (Å²) >= 11 is 0. The van der Waals surface area contributed by atoms with Gasteiger partial charge in [0.15, 0.2) is 5.69 Å². The average molecular weight is 403 g/mol. The number of benzene rings is 2. The maximum Gasteiger partial charge on any atom is 0.227 e. The molecule has 0 aliphatic carbocycles. The molecule has 152 valence electrons. The summed E-state index contributed by atoms with van der Waals surface area (Å²) in [5.41, 5.74) is 3.77. The molecule has 0 N–H and O–H groups in total. The van der Waals surface area contributed by atoms with Crippen LogP contribution in [0.2, 0.25) is 0 Å². The standard InChI is InChI=1S/C22H21N5O3/c1-28-17-10-8-16(9-11-17)19-13-27-18(14-29-19)21(24-26-27)22-23-20(30-25-22)12-7-15-5-3-2-4-6-15/h2-6,8-11,19H,7,12-14H2,1H3. The van der Waals surface area contributed by atoms with Crippen LogP contribution < -0.4 is 4.74 Å². The first-order valence-electron chi connectivity index (χ1n) is 9.85. The van der Waals surface area contributed by atoms with E-state index in [2.05, 4.69) is 32.6 Å². The van der Waals surface area contributed by atoms with Gasteiger partial charge in [0.1, 0.15) is 11.9 Å². The van der Waals surface area contributed by atoms with Crippen LogP contribution in [0, 0.1) is 0 Å². The van der Waals surface area contributed by atoms with Crippen LogP contribution in [0.3, 0.4) is 0 Å². The van der Waals surface area contributed by atoms with E-state index in [0.29, 0.717) is 37.0 Å². The Hall–Kier alpha value is -3.52. The fraction of sp³-hybridized carbons (Fsp3) is 0.273. The Morgan fingerprint density at radius 1 is 1.07 bits per heavy atom. The predicted molar refractivity (Wildman–Crippen MR) is 108 cm³/mol. The third kappa shape index (κ3) is 3.69. The SMILES string of the molecule is COc1ccc(C2Cn3nnc(-c4noc(CCc5ccccc5)n4)c3CO2)cc1. The number of hydrogen-bond acceptors (Lipinski definition) is 7. The Balaban J connectivity index is 1.29. The Morgan fingerprint density at radius 3 is 2.70 bits per heavy atom. The van der Waals surface area contributed by atoms with E-state index in [1.807, 2.05) is 47.1 Å². The molecule has 1 atom stereocenters. The van der Waals surface area contributed by atoms with Crippen molar-refractivity contribution in [2.24, 2.45) is 0 Å². The summed E-state index contributed by atoms with van der Waals surface area (Å²) in [6.45, 7) is 0.959. The lowest BCUT2D eigenvalue weighted by molar-refractivity contribution is -0.00114. The molecule has 4 aromatic rings. The van der Waals surface area contributed by atoms with Gasteiger partial charge in [-0.1, -0.05) is 52.8 Å². The van der Waals surface area contributed by atoms with Crippen LogP contribution >= 0.6 is 0 Å². The van der Waals surface area contributed by atoms with Crippen molar-refractivity contribution in [1.29, 1.82) is 0 Å². The Kier molecular flexibility index (Phi) is 4.98. The zero-order valence-electron chi connectivity index (χ0n) is 16.6. The molecule has 2 aromatic heterocycles. The van der Waals surface area contributed by atoms with Gasteiger partial charge in [0.05, 0.1) is 26.0 Å². The van der Waals surface area contributed by atoms with Crippen molar-refractivity contribution in [3.8, 4) is 17.3 Å². The summed E-state index contributed by atoms with van der Waals surface area (Å²) in [5.74, 6) is 1.85. The van der Waals surface area contributed by atoms with Crippen LogP contribution in [0.25, 0.3) is 11.5 Å². The normalized spacial score (nSPS) is 15.7. The molecule has 0 spiro atoms. The largest absolute Gasteiger partial charge is 0.497 e. The zero-order valence-corrected chi connectivity index (χ0v) is 16.6. The number of ether oxygens (including phenoxy) is 2. The van der Waals surface area contributed by atoms with E-state index in [1.54, 1.807) is 7.11 Å². The van der Waals surface area contributed by atoms with E-state index >= 15 is 0 Å². The molecule has 0 saturated carbocycles. The van der Waals surface area contributed by atoms with Gasteiger partial charge in [-0.2, -0.15) is 4.98 Å². The first-order chi connectivity index (χ1) is 14.8. The minimum atomic E-state index is -0.0929. The summed E-state index contributed by atoms with van der Waals surface area (Å²) in [6, 6.07) is 18.1. The highest BCUT2D eigenvalue weighted by Crippen LogP contribution is 2.30. The first kappa shape index (κ1) is 18.5. The average Bonchev–Trinajstić information content (AvgIpc) is 3.45. The molecule has 8 nitrogen and oxygen atoms in total. The maximum atomic E-state index is 6.07. The molecule has 2 aromatic carbocycles. The summed E-state index contributed by atoms with van der Waals surface area (Å²) in [7, 11) is 1.65.